The van der Waals surface area contributed by atoms with Crippen LogP contribution in [0.2, 0.25) is 0 Å². The Labute approximate surface area is 259 Å². The van der Waals surface area contributed by atoms with Crippen molar-refractivity contribution in [2.75, 3.05) is 26.8 Å². The summed E-state index contributed by atoms with van der Waals surface area (Å²) in [5.41, 5.74) is 2.31. The van der Waals surface area contributed by atoms with E-state index in [1.165, 1.54) is 23.2 Å². The van der Waals surface area contributed by atoms with Crippen LogP contribution in [0.5, 0.6) is 17.2 Å². The molecule has 4 aromatic rings. The third-order valence-electron chi connectivity index (χ3n) is 7.79. The molecule has 230 valence electrons. The molecule has 0 spiro atoms. The number of nitrogens with zero attached hydrogens (tertiary/aromatic N) is 2. The quantitative estimate of drug-likeness (QED) is 0.352. The highest BCUT2D eigenvalue weighted by Gasteiger charge is 2.36. The third-order valence-corrected chi connectivity index (χ3v) is 7.79. The van der Waals surface area contributed by atoms with E-state index in [4.69, 9.17) is 14.2 Å². The first kappa shape index (κ1) is 29.6. The zero-order valence-electron chi connectivity index (χ0n) is 24.5. The minimum atomic E-state index is -0.711. The van der Waals surface area contributed by atoms with Gasteiger partial charge in [0.15, 0.2) is 18.1 Å². The Morgan fingerprint density at radius 2 is 1.84 bits per heavy atom. The number of nitrogens with one attached hydrogen (secondary N) is 2. The summed E-state index contributed by atoms with van der Waals surface area (Å²) in [7, 11) is 1.54. The lowest BCUT2D eigenvalue weighted by Crippen LogP contribution is -2.58. The van der Waals surface area contributed by atoms with Crippen LogP contribution < -0.4 is 24.8 Å². The molecule has 0 aliphatic carbocycles. The van der Waals surface area contributed by atoms with Crippen LogP contribution in [0.15, 0.2) is 85.1 Å². The van der Waals surface area contributed by atoms with Crippen LogP contribution in [0.1, 0.15) is 32.8 Å². The summed E-state index contributed by atoms with van der Waals surface area (Å²) in [4.78, 5) is 44.9. The maximum absolute atomic E-state index is 14.4. The van der Waals surface area contributed by atoms with Crippen molar-refractivity contribution < 1.29 is 33.0 Å². The summed E-state index contributed by atoms with van der Waals surface area (Å²) in [6.45, 7) is 0.494. The Morgan fingerprint density at radius 3 is 2.64 bits per heavy atom. The van der Waals surface area contributed by atoms with Gasteiger partial charge in [-0.05, 0) is 65.7 Å². The Balaban J connectivity index is 1.34. The van der Waals surface area contributed by atoms with Gasteiger partial charge in [-0.1, -0.05) is 24.3 Å². The molecule has 1 saturated heterocycles. The van der Waals surface area contributed by atoms with Gasteiger partial charge in [-0.2, -0.15) is 0 Å². The number of carbonyl (C=O) groups excluding carboxylic acids is 3. The fourth-order valence-corrected chi connectivity index (χ4v) is 5.43. The molecular formula is C34H31FN4O6. The molecule has 0 radical (unpaired) electrons. The second-order valence-corrected chi connectivity index (χ2v) is 10.8. The van der Waals surface area contributed by atoms with Crippen molar-refractivity contribution in [3.8, 4) is 28.4 Å². The van der Waals surface area contributed by atoms with Gasteiger partial charge >= 0.3 is 0 Å². The lowest BCUT2D eigenvalue weighted by molar-refractivity contribution is -0.123. The molecule has 11 heteroatoms. The number of likely N-dealkylation sites (tertiary alicyclic amines) is 1. The van der Waals surface area contributed by atoms with E-state index >= 15 is 0 Å². The first-order chi connectivity index (χ1) is 21.9. The number of halogens is 1. The highest BCUT2D eigenvalue weighted by Crippen LogP contribution is 2.33. The normalized spacial score (nSPS) is 18.4. The number of aromatic nitrogens is 1. The van der Waals surface area contributed by atoms with Crippen molar-refractivity contribution in [1.82, 2.24) is 20.5 Å². The zero-order chi connectivity index (χ0) is 31.3. The zero-order valence-corrected chi connectivity index (χ0v) is 24.5. The second-order valence-electron chi connectivity index (χ2n) is 10.8. The van der Waals surface area contributed by atoms with Gasteiger partial charge in [-0.15, -0.1) is 0 Å². The highest BCUT2D eigenvalue weighted by molar-refractivity contribution is 5.97. The summed E-state index contributed by atoms with van der Waals surface area (Å²) < 4.78 is 32.1. The number of methoxy groups -OCH3 is 1. The van der Waals surface area contributed by atoms with Gasteiger partial charge in [0.25, 0.3) is 17.7 Å². The fourth-order valence-electron chi connectivity index (χ4n) is 5.43. The summed E-state index contributed by atoms with van der Waals surface area (Å²) >= 11 is 0. The van der Waals surface area contributed by atoms with Gasteiger partial charge in [0.2, 0.25) is 0 Å². The molecule has 2 atom stereocenters. The third kappa shape index (κ3) is 6.72. The number of hydrogen-bond donors (Lipinski definition) is 2. The van der Waals surface area contributed by atoms with Crippen molar-refractivity contribution in [1.29, 1.82) is 0 Å². The van der Waals surface area contributed by atoms with Crippen LogP contribution in [0.4, 0.5) is 4.39 Å². The lowest BCUT2D eigenvalue weighted by atomic mass is 9.99. The molecule has 3 amide bonds. The number of hydrogen-bond acceptors (Lipinski definition) is 7. The monoisotopic (exact) mass is 610 g/mol. The molecular weight excluding hydrogens is 579 g/mol. The molecule has 0 saturated carbocycles. The van der Waals surface area contributed by atoms with E-state index in [2.05, 4.69) is 15.6 Å². The average molecular weight is 611 g/mol. The second kappa shape index (κ2) is 13.0. The number of piperidine rings is 1. The minimum Gasteiger partial charge on any atom is -0.496 e. The van der Waals surface area contributed by atoms with Crippen molar-refractivity contribution in [2.24, 2.45) is 0 Å². The molecule has 1 aromatic heterocycles. The number of amides is 3. The minimum absolute atomic E-state index is 0.0811. The van der Waals surface area contributed by atoms with Crippen molar-refractivity contribution in [3.05, 3.63) is 108 Å². The van der Waals surface area contributed by atoms with E-state index < -0.39 is 23.9 Å². The summed E-state index contributed by atoms with van der Waals surface area (Å²) in [5.74, 6) is -0.349. The maximum Gasteiger partial charge on any atom is 0.275 e. The van der Waals surface area contributed by atoms with Gasteiger partial charge in [-0.25, -0.2) is 9.37 Å². The van der Waals surface area contributed by atoms with Crippen molar-refractivity contribution in [2.45, 2.75) is 25.1 Å². The van der Waals surface area contributed by atoms with Crippen LogP contribution in [-0.2, 0) is 11.3 Å². The van der Waals surface area contributed by atoms with E-state index in [-0.39, 0.29) is 37.2 Å². The lowest BCUT2D eigenvalue weighted by Gasteiger charge is -2.38. The van der Waals surface area contributed by atoms with Crippen LogP contribution in [0, 0.1) is 5.82 Å². The number of pyridine rings is 1. The van der Waals surface area contributed by atoms with E-state index in [0.717, 1.165) is 11.1 Å². The average Bonchev–Trinajstić information content (AvgIpc) is 3.07. The largest absolute Gasteiger partial charge is 0.496 e. The Kier molecular flexibility index (Phi) is 8.58. The molecule has 0 unspecified atom stereocenters. The molecule has 4 heterocycles. The predicted molar refractivity (Wildman–Crippen MR) is 163 cm³/mol. The number of carbonyl (C=O) groups is 3. The van der Waals surface area contributed by atoms with E-state index in [1.807, 2.05) is 18.2 Å². The topological polar surface area (TPSA) is 119 Å². The molecule has 1 fully saturated rings. The molecule has 45 heavy (non-hydrogen) atoms. The number of fused-ring (bicyclic) bond motifs is 7. The van der Waals surface area contributed by atoms with E-state index in [9.17, 15) is 18.8 Å². The number of rotatable bonds is 2. The van der Waals surface area contributed by atoms with Gasteiger partial charge in [0.05, 0.1) is 13.2 Å². The van der Waals surface area contributed by atoms with Crippen LogP contribution in [0.25, 0.3) is 11.1 Å². The molecule has 6 bridgehead atoms. The number of benzene rings is 3. The van der Waals surface area contributed by atoms with Gasteiger partial charge in [0.1, 0.15) is 23.4 Å². The standard InChI is InChI=1S/C34H31FN4O6/c1-43-29-12-9-23-17-26(29)22-4-2-5-25(16-22)44-20-31(40)37-18-21-7-10-24(11-8-21)45-30-13-15-39(19-28(30)38-33(23)41)34(42)32-27(35)6-3-14-36-32/h2-12,14,16-17,28,30H,13,15,18-20H2,1H3,(H,37,40)(H,38,41)/t28-,30-/m1/s1. The predicted octanol–water partition coefficient (Wildman–Crippen LogP) is 4.00. The highest BCUT2D eigenvalue weighted by atomic mass is 19.1. The summed E-state index contributed by atoms with van der Waals surface area (Å²) in [6.07, 6.45) is 1.25. The molecule has 3 aromatic carbocycles. The maximum atomic E-state index is 14.4. The van der Waals surface area contributed by atoms with Crippen molar-refractivity contribution >= 4 is 17.7 Å². The first-order valence-corrected chi connectivity index (χ1v) is 14.5. The number of ether oxygens (including phenoxy) is 3. The molecule has 7 rings (SSSR count). The van der Waals surface area contributed by atoms with Crippen molar-refractivity contribution in [3.63, 3.8) is 0 Å². The Bertz CT molecular complexity index is 1730. The van der Waals surface area contributed by atoms with E-state index in [0.29, 0.717) is 41.3 Å². The SMILES string of the molecule is COc1ccc2cc1-c1cccc(c1)OCC(=O)NCc1ccc(cc1)O[C@@H]1CCN(C(=O)c3ncccc3F)C[C@H]1NC2=O. The molecule has 3 aliphatic heterocycles. The van der Waals surface area contributed by atoms with Crippen LogP contribution in [-0.4, -0.2) is 66.6 Å². The van der Waals surface area contributed by atoms with Crippen LogP contribution in [0.3, 0.4) is 0 Å². The summed E-state index contributed by atoms with van der Waals surface area (Å²) in [6, 6.07) is 21.5. The first-order valence-electron chi connectivity index (χ1n) is 14.5. The molecule has 10 nitrogen and oxygen atoms in total. The Hall–Kier alpha value is -5.45. The molecule has 2 N–H and O–H groups in total. The van der Waals surface area contributed by atoms with Gasteiger partial charge in [0, 0.05) is 43.4 Å². The van der Waals surface area contributed by atoms with Gasteiger partial charge < -0.3 is 29.7 Å². The van der Waals surface area contributed by atoms with E-state index in [1.54, 1.807) is 55.6 Å². The van der Waals surface area contributed by atoms with Crippen LogP contribution >= 0.6 is 0 Å². The summed E-state index contributed by atoms with van der Waals surface area (Å²) in [5, 5.41) is 5.91. The molecule has 3 aliphatic rings. The fraction of sp³-hybridized carbons (Fsp3) is 0.235. The van der Waals surface area contributed by atoms with Gasteiger partial charge in [-0.3, -0.25) is 14.4 Å². The Morgan fingerprint density at radius 1 is 1.00 bits per heavy atom. The smallest absolute Gasteiger partial charge is 0.275 e.